The summed E-state index contributed by atoms with van der Waals surface area (Å²) in [5, 5.41) is 4.81. The molecule has 5 heteroatoms. The number of rotatable bonds is 2. The molecule has 1 aromatic heterocycles. The summed E-state index contributed by atoms with van der Waals surface area (Å²) in [6.07, 6.45) is 0. The van der Waals surface area contributed by atoms with Gasteiger partial charge in [0.1, 0.15) is 16.7 Å². The van der Waals surface area contributed by atoms with E-state index in [9.17, 15) is 4.39 Å². The molecule has 0 atom stereocenters. The highest BCUT2D eigenvalue weighted by molar-refractivity contribution is 6.33. The van der Waals surface area contributed by atoms with Gasteiger partial charge in [0.15, 0.2) is 0 Å². The Morgan fingerprint density at radius 3 is 2.35 bits per heavy atom. The first-order chi connectivity index (χ1) is 8.00. The Balaban J connectivity index is 2.53. The highest BCUT2D eigenvalue weighted by Gasteiger charge is 2.17. The minimum atomic E-state index is -0.297. The van der Waals surface area contributed by atoms with Gasteiger partial charge in [-0.15, -0.1) is 0 Å². The van der Waals surface area contributed by atoms with Gasteiger partial charge < -0.3 is 5.73 Å². The van der Waals surface area contributed by atoms with Crippen LogP contribution in [0.5, 0.6) is 0 Å². The number of halogens is 2. The highest BCUT2D eigenvalue weighted by atomic mass is 35.5. The van der Waals surface area contributed by atoms with Gasteiger partial charge in [-0.25, -0.2) is 9.07 Å². The van der Waals surface area contributed by atoms with Gasteiger partial charge in [-0.2, -0.15) is 5.10 Å². The second-order valence-corrected chi connectivity index (χ2v) is 4.51. The van der Waals surface area contributed by atoms with Gasteiger partial charge in [-0.1, -0.05) is 25.4 Å². The molecule has 17 heavy (non-hydrogen) atoms. The Hall–Kier alpha value is -1.55. The summed E-state index contributed by atoms with van der Waals surface area (Å²) < 4.78 is 14.4. The number of nitrogen functional groups attached to an aromatic ring is 1. The molecule has 0 saturated carbocycles. The van der Waals surface area contributed by atoms with Gasteiger partial charge in [0, 0.05) is 0 Å². The van der Waals surface area contributed by atoms with E-state index in [1.165, 1.54) is 16.8 Å². The first kappa shape index (κ1) is 11.9. The number of benzene rings is 1. The number of nitrogens with two attached hydrogens (primary N) is 1. The van der Waals surface area contributed by atoms with Crippen molar-refractivity contribution in [2.24, 2.45) is 0 Å². The zero-order chi connectivity index (χ0) is 12.6. The quantitative estimate of drug-likeness (QED) is 0.892. The smallest absolute Gasteiger partial charge is 0.146 e. The topological polar surface area (TPSA) is 43.8 Å². The Labute approximate surface area is 104 Å². The number of hydrogen-bond acceptors (Lipinski definition) is 2. The molecule has 2 aromatic rings. The third kappa shape index (κ3) is 2.13. The van der Waals surface area contributed by atoms with E-state index < -0.39 is 0 Å². The molecule has 0 bridgehead atoms. The van der Waals surface area contributed by atoms with Crippen molar-refractivity contribution in [3.63, 3.8) is 0 Å². The van der Waals surface area contributed by atoms with Gasteiger partial charge >= 0.3 is 0 Å². The van der Waals surface area contributed by atoms with Crippen LogP contribution in [0.3, 0.4) is 0 Å². The van der Waals surface area contributed by atoms with Gasteiger partial charge in [0.25, 0.3) is 0 Å². The molecule has 2 rings (SSSR count). The monoisotopic (exact) mass is 253 g/mol. The fourth-order valence-electron chi connectivity index (χ4n) is 1.58. The molecule has 0 spiro atoms. The van der Waals surface area contributed by atoms with Gasteiger partial charge in [-0.3, -0.25) is 0 Å². The lowest BCUT2D eigenvalue weighted by Gasteiger charge is -2.03. The van der Waals surface area contributed by atoms with E-state index in [0.717, 1.165) is 5.69 Å². The summed E-state index contributed by atoms with van der Waals surface area (Å²) in [6.45, 7) is 3.98. The summed E-state index contributed by atoms with van der Waals surface area (Å²) in [6, 6.07) is 5.94. The van der Waals surface area contributed by atoms with Gasteiger partial charge in [0.2, 0.25) is 0 Å². The van der Waals surface area contributed by atoms with Crippen LogP contribution >= 0.6 is 11.6 Å². The lowest BCUT2D eigenvalue weighted by atomic mass is 10.1. The molecular formula is C12H13ClFN3. The van der Waals surface area contributed by atoms with E-state index in [-0.39, 0.29) is 11.7 Å². The van der Waals surface area contributed by atoms with Crippen molar-refractivity contribution >= 4 is 17.4 Å². The third-order valence-corrected chi connectivity index (χ3v) is 2.89. The third-order valence-electron chi connectivity index (χ3n) is 2.50. The maximum atomic E-state index is 12.8. The van der Waals surface area contributed by atoms with Crippen LogP contribution in [0.4, 0.5) is 10.2 Å². The molecule has 0 amide bonds. The Bertz CT molecular complexity index is 531. The van der Waals surface area contributed by atoms with Crippen molar-refractivity contribution in [2.75, 3.05) is 5.73 Å². The average molecular weight is 254 g/mol. The molecule has 2 N–H and O–H groups in total. The second-order valence-electron chi connectivity index (χ2n) is 4.13. The summed E-state index contributed by atoms with van der Waals surface area (Å²) in [5.41, 5.74) is 7.32. The van der Waals surface area contributed by atoms with Crippen molar-refractivity contribution in [1.82, 2.24) is 9.78 Å². The van der Waals surface area contributed by atoms with Crippen LogP contribution in [0, 0.1) is 5.82 Å². The van der Waals surface area contributed by atoms with Crippen LogP contribution < -0.4 is 5.73 Å². The summed E-state index contributed by atoms with van der Waals surface area (Å²) in [5.74, 6) is 0.267. The summed E-state index contributed by atoms with van der Waals surface area (Å²) >= 11 is 6.11. The highest BCUT2D eigenvalue weighted by Crippen LogP contribution is 2.30. The molecule has 0 saturated heterocycles. The molecule has 0 aliphatic heterocycles. The van der Waals surface area contributed by atoms with E-state index in [0.29, 0.717) is 16.5 Å². The predicted molar refractivity (Wildman–Crippen MR) is 67.0 cm³/mol. The largest absolute Gasteiger partial charge is 0.382 e. The Morgan fingerprint density at radius 2 is 1.88 bits per heavy atom. The molecule has 0 aliphatic rings. The lowest BCUT2D eigenvalue weighted by Crippen LogP contribution is -2.02. The zero-order valence-electron chi connectivity index (χ0n) is 9.61. The van der Waals surface area contributed by atoms with Gasteiger partial charge in [-0.05, 0) is 30.2 Å². The molecule has 90 valence electrons. The van der Waals surface area contributed by atoms with E-state index in [1.807, 2.05) is 13.8 Å². The molecule has 0 fully saturated rings. The number of aromatic nitrogens is 2. The second kappa shape index (κ2) is 4.37. The van der Waals surface area contributed by atoms with Crippen molar-refractivity contribution in [1.29, 1.82) is 0 Å². The minimum absolute atomic E-state index is 0.187. The number of nitrogens with zero attached hydrogens (tertiary/aromatic N) is 2. The van der Waals surface area contributed by atoms with Crippen LogP contribution in [0.15, 0.2) is 24.3 Å². The maximum Gasteiger partial charge on any atom is 0.146 e. The van der Waals surface area contributed by atoms with Crippen LogP contribution in [0.1, 0.15) is 25.5 Å². The molecule has 3 nitrogen and oxygen atoms in total. The zero-order valence-corrected chi connectivity index (χ0v) is 10.4. The predicted octanol–water partition coefficient (Wildman–Crippen LogP) is 3.37. The van der Waals surface area contributed by atoms with Crippen LogP contribution in [-0.4, -0.2) is 9.78 Å². The fourth-order valence-corrected chi connectivity index (χ4v) is 1.91. The molecule has 0 unspecified atom stereocenters. The van der Waals surface area contributed by atoms with Crippen LogP contribution in [0.25, 0.3) is 5.69 Å². The Morgan fingerprint density at radius 1 is 1.29 bits per heavy atom. The summed E-state index contributed by atoms with van der Waals surface area (Å²) in [4.78, 5) is 0. The van der Waals surface area contributed by atoms with Crippen molar-refractivity contribution in [3.8, 4) is 5.69 Å². The first-order valence-corrected chi connectivity index (χ1v) is 5.68. The molecule has 0 aliphatic carbocycles. The average Bonchev–Trinajstić information content (AvgIpc) is 2.58. The SMILES string of the molecule is CC(C)c1nn(-c2ccc(F)cc2)c(N)c1Cl. The number of anilines is 1. The minimum Gasteiger partial charge on any atom is -0.382 e. The first-order valence-electron chi connectivity index (χ1n) is 5.30. The van der Waals surface area contributed by atoms with E-state index in [1.54, 1.807) is 12.1 Å². The molecule has 1 heterocycles. The van der Waals surface area contributed by atoms with Crippen LogP contribution in [-0.2, 0) is 0 Å². The van der Waals surface area contributed by atoms with Gasteiger partial charge in [0.05, 0.1) is 11.4 Å². The van der Waals surface area contributed by atoms with E-state index in [4.69, 9.17) is 17.3 Å². The van der Waals surface area contributed by atoms with Crippen molar-refractivity contribution < 1.29 is 4.39 Å². The fraction of sp³-hybridized carbons (Fsp3) is 0.250. The maximum absolute atomic E-state index is 12.8. The normalized spacial score (nSPS) is 11.1. The number of hydrogen-bond donors (Lipinski definition) is 1. The van der Waals surface area contributed by atoms with Crippen molar-refractivity contribution in [2.45, 2.75) is 19.8 Å². The molecule has 1 aromatic carbocycles. The van der Waals surface area contributed by atoms with Crippen LogP contribution in [0.2, 0.25) is 5.02 Å². The van der Waals surface area contributed by atoms with E-state index >= 15 is 0 Å². The molecular weight excluding hydrogens is 241 g/mol. The Kier molecular flexibility index (Phi) is 3.07. The van der Waals surface area contributed by atoms with Crippen molar-refractivity contribution in [3.05, 3.63) is 40.8 Å². The lowest BCUT2D eigenvalue weighted by molar-refractivity contribution is 0.627. The summed E-state index contributed by atoms with van der Waals surface area (Å²) in [7, 11) is 0. The van der Waals surface area contributed by atoms with E-state index in [2.05, 4.69) is 5.10 Å². The molecule has 0 radical (unpaired) electrons. The standard InChI is InChI=1S/C12H13ClFN3/c1-7(2)11-10(13)12(15)17(16-11)9-5-3-8(14)4-6-9/h3-7H,15H2,1-2H3.